The summed E-state index contributed by atoms with van der Waals surface area (Å²) in [5, 5.41) is 9.84. The maximum atomic E-state index is 12.7. The average molecular weight is 479 g/mol. The van der Waals surface area contributed by atoms with Crippen molar-refractivity contribution in [3.8, 4) is 17.1 Å². The van der Waals surface area contributed by atoms with Crippen LogP contribution in [0, 0.1) is 11.3 Å². The number of amides is 1. The monoisotopic (exact) mass is 478 g/mol. The lowest BCUT2D eigenvalue weighted by Gasteiger charge is -2.44. The number of carbonyl (C=O) groups is 1. The molecule has 35 heavy (non-hydrogen) atoms. The molecule has 3 heterocycles. The highest BCUT2D eigenvalue weighted by molar-refractivity contribution is 5.94. The Morgan fingerprint density at radius 1 is 1.03 bits per heavy atom. The van der Waals surface area contributed by atoms with E-state index in [-0.39, 0.29) is 5.91 Å². The Bertz CT molecular complexity index is 982. The summed E-state index contributed by atoms with van der Waals surface area (Å²) < 4.78 is 5.92. The van der Waals surface area contributed by atoms with E-state index in [0.29, 0.717) is 42.6 Å². The molecule has 0 radical (unpaired) electrons. The van der Waals surface area contributed by atoms with Crippen molar-refractivity contribution in [2.24, 2.45) is 11.3 Å². The first-order valence-electron chi connectivity index (χ1n) is 13.2. The predicted octanol–water partition coefficient (Wildman–Crippen LogP) is 4.02. The topological polar surface area (TPSA) is 78.8 Å². The lowest BCUT2D eigenvalue weighted by molar-refractivity contribution is 0.0474. The Balaban J connectivity index is 1.09. The maximum absolute atomic E-state index is 12.7. The Morgan fingerprint density at radius 2 is 1.74 bits per heavy atom. The molecule has 1 aromatic carbocycles. The number of ether oxygens (including phenoxy) is 1. The van der Waals surface area contributed by atoms with Gasteiger partial charge in [0.15, 0.2) is 0 Å². The van der Waals surface area contributed by atoms with Gasteiger partial charge in [0.2, 0.25) is 0 Å². The molecule has 2 aliphatic heterocycles. The predicted molar refractivity (Wildman–Crippen MR) is 135 cm³/mol. The number of nitrogens with zero attached hydrogens (tertiary/aromatic N) is 4. The Kier molecular flexibility index (Phi) is 7.35. The second-order valence-corrected chi connectivity index (χ2v) is 11.1. The molecule has 3 aliphatic rings. The third-order valence-electron chi connectivity index (χ3n) is 8.10. The van der Waals surface area contributed by atoms with Crippen LogP contribution in [-0.4, -0.2) is 76.2 Å². The molecule has 0 spiro atoms. The van der Waals surface area contributed by atoms with E-state index in [2.05, 4.69) is 21.8 Å². The van der Waals surface area contributed by atoms with Gasteiger partial charge < -0.3 is 19.6 Å². The second-order valence-electron chi connectivity index (χ2n) is 11.1. The van der Waals surface area contributed by atoms with Gasteiger partial charge in [-0.1, -0.05) is 25.5 Å². The van der Waals surface area contributed by atoms with E-state index in [0.717, 1.165) is 24.0 Å². The van der Waals surface area contributed by atoms with Crippen LogP contribution in [-0.2, 0) is 0 Å². The molecule has 2 aromatic rings. The van der Waals surface area contributed by atoms with E-state index in [4.69, 9.17) is 4.74 Å². The minimum atomic E-state index is -0.418. The summed E-state index contributed by atoms with van der Waals surface area (Å²) >= 11 is 0. The van der Waals surface area contributed by atoms with Gasteiger partial charge in [-0.05, 0) is 80.6 Å². The van der Waals surface area contributed by atoms with Crippen molar-refractivity contribution in [3.63, 3.8) is 0 Å². The van der Waals surface area contributed by atoms with Crippen LogP contribution in [0.4, 0.5) is 0 Å². The number of piperidine rings is 2. The smallest absolute Gasteiger partial charge is 0.316 e. The summed E-state index contributed by atoms with van der Waals surface area (Å²) in [6.45, 7) is 7.80. The van der Waals surface area contributed by atoms with E-state index in [9.17, 15) is 9.90 Å². The SMILES string of the molecule is CC1(CN2CCC(COc3ncc(-c4ccc(C(=O)N5CCC[C@@H](O)C5)cc4)cn3)CC2)CCC1. The molecule has 0 unspecified atom stereocenters. The van der Waals surface area contributed by atoms with Crippen molar-refractivity contribution >= 4 is 5.91 Å². The average Bonchev–Trinajstić information content (AvgIpc) is 2.87. The summed E-state index contributed by atoms with van der Waals surface area (Å²) in [5.74, 6) is 0.535. The Morgan fingerprint density at radius 3 is 2.37 bits per heavy atom. The lowest BCUT2D eigenvalue weighted by atomic mass is 9.70. The number of rotatable bonds is 7. The second kappa shape index (κ2) is 10.6. The molecule has 3 fully saturated rings. The molecule has 188 valence electrons. The third kappa shape index (κ3) is 6.01. The Hall–Kier alpha value is -2.51. The zero-order valence-electron chi connectivity index (χ0n) is 20.9. The number of carbonyl (C=O) groups excluding carboxylic acids is 1. The van der Waals surface area contributed by atoms with Crippen molar-refractivity contribution in [2.45, 2.75) is 58.0 Å². The van der Waals surface area contributed by atoms with Crippen LogP contribution < -0.4 is 4.74 Å². The first-order chi connectivity index (χ1) is 17.0. The van der Waals surface area contributed by atoms with Crippen LogP contribution in [0.2, 0.25) is 0 Å². The maximum Gasteiger partial charge on any atom is 0.316 e. The minimum Gasteiger partial charge on any atom is -0.463 e. The molecule has 0 bridgehead atoms. The molecule has 5 rings (SSSR count). The standard InChI is InChI=1S/C28H38N4O3/c1-28(11-3-12-28)20-31-14-9-21(10-15-31)19-35-27-29-16-24(17-30-27)22-5-7-23(8-6-22)26(34)32-13-2-4-25(33)18-32/h5-8,16-17,21,25,33H,2-4,9-15,18-20H2,1H3/t25-/m1/s1. The zero-order chi connectivity index (χ0) is 24.3. The molecule has 1 aliphatic carbocycles. The molecule has 1 aromatic heterocycles. The van der Waals surface area contributed by atoms with Crippen LogP contribution in [0.3, 0.4) is 0 Å². The molecule has 1 atom stereocenters. The molecular formula is C28H38N4O3. The number of hydrogen-bond acceptors (Lipinski definition) is 6. The lowest BCUT2D eigenvalue weighted by Crippen LogP contribution is -2.44. The highest BCUT2D eigenvalue weighted by atomic mass is 16.5. The van der Waals surface area contributed by atoms with E-state index in [1.807, 2.05) is 24.3 Å². The van der Waals surface area contributed by atoms with Crippen LogP contribution in [0.1, 0.15) is 62.2 Å². The summed E-state index contributed by atoms with van der Waals surface area (Å²) in [4.78, 5) is 25.9. The fourth-order valence-corrected chi connectivity index (χ4v) is 5.65. The van der Waals surface area contributed by atoms with Crippen molar-refractivity contribution in [3.05, 3.63) is 42.2 Å². The summed E-state index contributed by atoms with van der Waals surface area (Å²) in [7, 11) is 0. The first kappa shape index (κ1) is 24.2. The number of likely N-dealkylation sites (tertiary alicyclic amines) is 2. The number of aliphatic hydroxyl groups excluding tert-OH is 1. The van der Waals surface area contributed by atoms with Gasteiger partial charge >= 0.3 is 6.01 Å². The van der Waals surface area contributed by atoms with Gasteiger partial charge in [-0.3, -0.25) is 4.79 Å². The van der Waals surface area contributed by atoms with Crippen molar-refractivity contribution < 1.29 is 14.6 Å². The van der Waals surface area contributed by atoms with Gasteiger partial charge in [-0.25, -0.2) is 9.97 Å². The van der Waals surface area contributed by atoms with E-state index < -0.39 is 6.10 Å². The molecule has 1 amide bonds. The van der Waals surface area contributed by atoms with Gasteiger partial charge in [0.1, 0.15) is 0 Å². The fourth-order valence-electron chi connectivity index (χ4n) is 5.65. The van der Waals surface area contributed by atoms with Crippen molar-refractivity contribution in [2.75, 3.05) is 39.3 Å². The van der Waals surface area contributed by atoms with Crippen LogP contribution >= 0.6 is 0 Å². The highest BCUT2D eigenvalue weighted by Gasteiger charge is 2.34. The number of aliphatic hydroxyl groups is 1. The van der Waals surface area contributed by atoms with E-state index >= 15 is 0 Å². The summed E-state index contributed by atoms with van der Waals surface area (Å²) in [6.07, 6.45) is 11.3. The van der Waals surface area contributed by atoms with Gasteiger partial charge in [0.05, 0.1) is 12.7 Å². The highest BCUT2D eigenvalue weighted by Crippen LogP contribution is 2.41. The normalized spacial score (nSPS) is 23.0. The minimum absolute atomic E-state index is 0.0293. The largest absolute Gasteiger partial charge is 0.463 e. The summed E-state index contributed by atoms with van der Waals surface area (Å²) in [5.41, 5.74) is 3.05. The van der Waals surface area contributed by atoms with Gasteiger partial charge in [0.25, 0.3) is 5.91 Å². The van der Waals surface area contributed by atoms with Crippen LogP contribution in [0.5, 0.6) is 6.01 Å². The molecule has 7 nitrogen and oxygen atoms in total. The fraction of sp³-hybridized carbons (Fsp3) is 0.607. The third-order valence-corrected chi connectivity index (χ3v) is 8.10. The number of aromatic nitrogens is 2. The molecule has 7 heteroatoms. The zero-order valence-corrected chi connectivity index (χ0v) is 20.9. The van der Waals surface area contributed by atoms with E-state index in [1.54, 1.807) is 17.3 Å². The van der Waals surface area contributed by atoms with Crippen LogP contribution in [0.25, 0.3) is 11.1 Å². The van der Waals surface area contributed by atoms with Crippen molar-refractivity contribution in [1.82, 2.24) is 19.8 Å². The van der Waals surface area contributed by atoms with Crippen molar-refractivity contribution in [1.29, 1.82) is 0 Å². The molecular weight excluding hydrogens is 440 g/mol. The Labute approximate surface area is 208 Å². The molecule has 2 saturated heterocycles. The van der Waals surface area contributed by atoms with Gasteiger partial charge in [0, 0.05) is 43.2 Å². The quantitative estimate of drug-likeness (QED) is 0.648. The first-order valence-corrected chi connectivity index (χ1v) is 13.2. The van der Waals surface area contributed by atoms with Crippen LogP contribution in [0.15, 0.2) is 36.7 Å². The van der Waals surface area contributed by atoms with Gasteiger partial charge in [-0.2, -0.15) is 0 Å². The van der Waals surface area contributed by atoms with Gasteiger partial charge in [-0.15, -0.1) is 0 Å². The molecule has 1 saturated carbocycles. The number of benzene rings is 1. The molecule has 1 N–H and O–H groups in total. The number of β-amino-alcohol motifs (C(OH)–C–C–N with tert-alkyl or cyclic N) is 1. The summed E-state index contributed by atoms with van der Waals surface area (Å²) in [6, 6.07) is 7.94. The van der Waals surface area contributed by atoms with E-state index in [1.165, 1.54) is 51.7 Å². The number of hydrogen-bond donors (Lipinski definition) is 1.